The Labute approximate surface area is 128 Å². The minimum absolute atomic E-state index is 0.208. The number of nitrogens with zero attached hydrogens (tertiary/aromatic N) is 5. The molecule has 2 aromatic rings. The van der Waals surface area contributed by atoms with Gasteiger partial charge in [-0.05, 0) is 24.1 Å². The molecular formula is C15H17N5O2. The van der Waals surface area contributed by atoms with Crippen LogP contribution in [0.3, 0.4) is 0 Å². The number of aryl methyl sites for hydroxylation is 1. The number of carbonyl (C=O) groups is 1. The molecule has 0 atom stereocenters. The van der Waals surface area contributed by atoms with E-state index in [1.807, 2.05) is 13.1 Å². The minimum atomic E-state index is -0.483. The second-order valence-electron chi connectivity index (χ2n) is 5.05. The molecule has 0 unspecified atom stereocenters. The summed E-state index contributed by atoms with van der Waals surface area (Å²) in [5.41, 5.74) is 2.43. The van der Waals surface area contributed by atoms with Crippen LogP contribution in [-0.2, 0) is 24.1 Å². The van der Waals surface area contributed by atoms with Crippen molar-refractivity contribution in [1.29, 1.82) is 0 Å². The van der Waals surface area contributed by atoms with E-state index in [0.29, 0.717) is 6.54 Å². The van der Waals surface area contributed by atoms with Crippen LogP contribution in [0.2, 0.25) is 0 Å². The summed E-state index contributed by atoms with van der Waals surface area (Å²) >= 11 is 0. The number of hydrogen-bond acceptors (Lipinski definition) is 7. The Morgan fingerprint density at radius 2 is 2.23 bits per heavy atom. The molecule has 1 aliphatic heterocycles. The number of fused-ring (bicyclic) bond motifs is 1. The molecular weight excluding hydrogens is 282 g/mol. The molecule has 0 N–H and O–H groups in total. The minimum Gasteiger partial charge on any atom is -0.464 e. The zero-order valence-corrected chi connectivity index (χ0v) is 12.6. The summed E-state index contributed by atoms with van der Waals surface area (Å²) in [6, 6.07) is 3.41. The molecule has 1 aliphatic rings. The lowest BCUT2D eigenvalue weighted by atomic mass is 10.1. The maximum atomic E-state index is 11.4. The number of ether oxygens (including phenoxy) is 1. The van der Waals surface area contributed by atoms with Crippen LogP contribution in [-0.4, -0.2) is 39.8 Å². The molecule has 0 saturated carbocycles. The lowest BCUT2D eigenvalue weighted by Gasteiger charge is -2.28. The third-order valence-electron chi connectivity index (χ3n) is 3.68. The Morgan fingerprint density at radius 3 is 2.91 bits per heavy atom. The molecule has 0 fully saturated rings. The number of aromatic nitrogens is 4. The summed E-state index contributed by atoms with van der Waals surface area (Å²) in [6.07, 6.45) is 3.62. The first kappa shape index (κ1) is 14.4. The third kappa shape index (κ3) is 2.74. The normalized spacial score (nSPS) is 13.6. The second-order valence-corrected chi connectivity index (χ2v) is 5.05. The lowest BCUT2D eigenvalue weighted by molar-refractivity contribution is 0.0592. The number of rotatable bonds is 3. The van der Waals surface area contributed by atoms with Crippen LogP contribution < -0.4 is 4.90 Å². The van der Waals surface area contributed by atoms with Crippen LogP contribution in [0, 0.1) is 0 Å². The van der Waals surface area contributed by atoms with Gasteiger partial charge in [-0.3, -0.25) is 0 Å². The SMILES string of the molecule is CCc1ncc2c(n1)CN(c1ccc(C(=O)OC)nn1)CC2. The van der Waals surface area contributed by atoms with E-state index >= 15 is 0 Å². The van der Waals surface area contributed by atoms with E-state index in [-0.39, 0.29) is 5.69 Å². The van der Waals surface area contributed by atoms with E-state index in [0.717, 1.165) is 36.7 Å². The maximum absolute atomic E-state index is 11.4. The Hall–Kier alpha value is -2.57. The zero-order chi connectivity index (χ0) is 15.5. The van der Waals surface area contributed by atoms with Crippen LogP contribution in [0.1, 0.15) is 34.5 Å². The first-order valence-corrected chi connectivity index (χ1v) is 7.22. The monoisotopic (exact) mass is 299 g/mol. The van der Waals surface area contributed by atoms with Crippen LogP contribution >= 0.6 is 0 Å². The fraction of sp³-hybridized carbons (Fsp3) is 0.400. The zero-order valence-electron chi connectivity index (χ0n) is 12.6. The van der Waals surface area contributed by atoms with E-state index in [2.05, 4.69) is 29.8 Å². The summed E-state index contributed by atoms with van der Waals surface area (Å²) in [4.78, 5) is 22.4. The number of hydrogen-bond donors (Lipinski definition) is 0. The molecule has 0 saturated heterocycles. The number of esters is 1. The molecule has 0 radical (unpaired) electrons. The molecule has 7 heteroatoms. The van der Waals surface area contributed by atoms with E-state index in [1.165, 1.54) is 12.7 Å². The Balaban J connectivity index is 1.80. The molecule has 3 heterocycles. The van der Waals surface area contributed by atoms with Gasteiger partial charge in [0.25, 0.3) is 0 Å². The smallest absolute Gasteiger partial charge is 0.358 e. The van der Waals surface area contributed by atoms with E-state index in [4.69, 9.17) is 0 Å². The summed E-state index contributed by atoms with van der Waals surface area (Å²) in [5, 5.41) is 8.03. The van der Waals surface area contributed by atoms with Crippen molar-refractivity contribution in [2.75, 3.05) is 18.6 Å². The molecule has 22 heavy (non-hydrogen) atoms. The predicted molar refractivity (Wildman–Crippen MR) is 79.5 cm³/mol. The van der Waals surface area contributed by atoms with E-state index in [1.54, 1.807) is 12.1 Å². The topological polar surface area (TPSA) is 81.1 Å². The average molecular weight is 299 g/mol. The van der Waals surface area contributed by atoms with Gasteiger partial charge in [0.05, 0.1) is 19.3 Å². The van der Waals surface area contributed by atoms with Gasteiger partial charge in [-0.1, -0.05) is 6.92 Å². The summed E-state index contributed by atoms with van der Waals surface area (Å²) in [5.74, 6) is 1.10. The van der Waals surface area contributed by atoms with Crippen LogP contribution in [0.25, 0.3) is 0 Å². The molecule has 3 rings (SSSR count). The fourth-order valence-electron chi connectivity index (χ4n) is 2.42. The Kier molecular flexibility index (Phi) is 3.95. The quantitative estimate of drug-likeness (QED) is 0.787. The van der Waals surface area contributed by atoms with Gasteiger partial charge in [-0.2, -0.15) is 0 Å². The fourth-order valence-corrected chi connectivity index (χ4v) is 2.42. The van der Waals surface area contributed by atoms with Crippen LogP contribution in [0.15, 0.2) is 18.3 Å². The van der Waals surface area contributed by atoms with E-state index in [9.17, 15) is 4.79 Å². The first-order valence-electron chi connectivity index (χ1n) is 7.22. The highest BCUT2D eigenvalue weighted by Gasteiger charge is 2.20. The summed E-state index contributed by atoms with van der Waals surface area (Å²) < 4.78 is 4.62. The van der Waals surface area contributed by atoms with Gasteiger partial charge in [0.2, 0.25) is 0 Å². The second kappa shape index (κ2) is 6.05. The summed E-state index contributed by atoms with van der Waals surface area (Å²) in [7, 11) is 1.32. The third-order valence-corrected chi connectivity index (χ3v) is 3.68. The van der Waals surface area contributed by atoms with Crippen molar-refractivity contribution < 1.29 is 9.53 Å². The lowest BCUT2D eigenvalue weighted by Crippen LogP contribution is -2.32. The first-order chi connectivity index (χ1) is 10.7. The van der Waals surface area contributed by atoms with Crippen molar-refractivity contribution in [1.82, 2.24) is 20.2 Å². The highest BCUT2D eigenvalue weighted by molar-refractivity contribution is 5.86. The largest absolute Gasteiger partial charge is 0.464 e. The van der Waals surface area contributed by atoms with Crippen molar-refractivity contribution in [3.05, 3.63) is 41.1 Å². The molecule has 0 spiro atoms. The molecule has 0 bridgehead atoms. The Morgan fingerprint density at radius 1 is 1.36 bits per heavy atom. The molecule has 7 nitrogen and oxygen atoms in total. The summed E-state index contributed by atoms with van der Waals surface area (Å²) in [6.45, 7) is 3.55. The van der Waals surface area contributed by atoms with Gasteiger partial charge in [0.1, 0.15) is 5.82 Å². The standard InChI is InChI=1S/C15H17N5O2/c1-3-13-16-8-10-6-7-20(9-12(10)17-13)14-5-4-11(18-19-14)15(21)22-2/h4-5,8H,3,6-7,9H2,1-2H3. The number of carbonyl (C=O) groups excluding carboxylic acids is 1. The van der Waals surface area contributed by atoms with Crippen molar-refractivity contribution in [2.24, 2.45) is 0 Å². The number of anilines is 1. The van der Waals surface area contributed by atoms with Crippen molar-refractivity contribution in [2.45, 2.75) is 26.3 Å². The molecule has 0 aromatic carbocycles. The van der Waals surface area contributed by atoms with Crippen molar-refractivity contribution in [3.63, 3.8) is 0 Å². The van der Waals surface area contributed by atoms with Gasteiger partial charge in [-0.25, -0.2) is 14.8 Å². The highest BCUT2D eigenvalue weighted by atomic mass is 16.5. The van der Waals surface area contributed by atoms with Crippen molar-refractivity contribution >= 4 is 11.8 Å². The maximum Gasteiger partial charge on any atom is 0.358 e. The van der Waals surface area contributed by atoms with Gasteiger partial charge in [-0.15, -0.1) is 10.2 Å². The Bertz CT molecular complexity index is 687. The van der Waals surface area contributed by atoms with Gasteiger partial charge >= 0.3 is 5.97 Å². The van der Waals surface area contributed by atoms with Gasteiger partial charge < -0.3 is 9.64 Å². The molecule has 0 aliphatic carbocycles. The predicted octanol–water partition coefficient (Wildman–Crippen LogP) is 1.18. The van der Waals surface area contributed by atoms with Crippen molar-refractivity contribution in [3.8, 4) is 0 Å². The molecule has 114 valence electrons. The molecule has 0 amide bonds. The van der Waals surface area contributed by atoms with E-state index < -0.39 is 5.97 Å². The van der Waals surface area contributed by atoms with Crippen LogP contribution in [0.4, 0.5) is 5.82 Å². The molecule has 2 aromatic heterocycles. The van der Waals surface area contributed by atoms with Crippen LogP contribution in [0.5, 0.6) is 0 Å². The van der Waals surface area contributed by atoms with Gasteiger partial charge in [0, 0.05) is 19.2 Å². The highest BCUT2D eigenvalue weighted by Crippen LogP contribution is 2.21. The average Bonchev–Trinajstić information content (AvgIpc) is 2.60. The van der Waals surface area contributed by atoms with Gasteiger partial charge in [0.15, 0.2) is 11.5 Å². The number of methoxy groups -OCH3 is 1.